The van der Waals surface area contributed by atoms with Crippen molar-refractivity contribution in [1.29, 1.82) is 0 Å². The summed E-state index contributed by atoms with van der Waals surface area (Å²) in [6.45, 7) is 0. The number of aryl methyl sites for hydroxylation is 1. The van der Waals surface area contributed by atoms with E-state index in [1.165, 1.54) is 0 Å². The normalized spacial score (nSPS) is 23.4. The molecule has 0 fully saturated rings. The third-order valence-corrected chi connectivity index (χ3v) is 3.42. The summed E-state index contributed by atoms with van der Waals surface area (Å²) < 4.78 is 5.39. The Hall–Kier alpha value is -1.81. The Labute approximate surface area is 99.1 Å². The molecule has 1 unspecified atom stereocenters. The molecular formula is C13H14N2O2. The first-order valence-corrected chi connectivity index (χ1v) is 5.72. The Balaban J connectivity index is 2.18. The predicted octanol–water partition coefficient (Wildman–Crippen LogP) is 1.83. The Morgan fingerprint density at radius 3 is 3.06 bits per heavy atom. The minimum atomic E-state index is -1.06. The number of hydrogen-bond acceptors (Lipinski definition) is 4. The van der Waals surface area contributed by atoms with E-state index in [1.807, 2.05) is 12.1 Å². The summed E-state index contributed by atoms with van der Waals surface area (Å²) in [5.74, 6) is 1.23. The van der Waals surface area contributed by atoms with Crippen LogP contribution in [0, 0.1) is 0 Å². The van der Waals surface area contributed by atoms with Crippen LogP contribution in [-0.2, 0) is 12.0 Å². The lowest BCUT2D eigenvalue weighted by atomic mass is 9.78. The molecule has 0 spiro atoms. The van der Waals surface area contributed by atoms with Crippen LogP contribution in [-0.4, -0.2) is 10.1 Å². The maximum Gasteiger partial charge on any atom is 0.129 e. The van der Waals surface area contributed by atoms with Crippen LogP contribution in [0.3, 0.4) is 0 Å². The number of anilines is 1. The Bertz CT molecular complexity index is 550. The van der Waals surface area contributed by atoms with Crippen LogP contribution in [0.2, 0.25) is 0 Å². The molecule has 4 heteroatoms. The number of nitrogens with zero attached hydrogens (tertiary/aromatic N) is 1. The summed E-state index contributed by atoms with van der Waals surface area (Å²) >= 11 is 0. The van der Waals surface area contributed by atoms with Crippen molar-refractivity contribution < 1.29 is 9.52 Å². The van der Waals surface area contributed by atoms with Crippen molar-refractivity contribution in [3.63, 3.8) is 0 Å². The van der Waals surface area contributed by atoms with Crippen molar-refractivity contribution in [2.45, 2.75) is 24.9 Å². The molecule has 3 N–H and O–H groups in total. The molecule has 17 heavy (non-hydrogen) atoms. The molecule has 3 rings (SSSR count). The van der Waals surface area contributed by atoms with Crippen molar-refractivity contribution in [3.8, 4) is 0 Å². The van der Waals surface area contributed by atoms with Gasteiger partial charge in [-0.1, -0.05) is 6.07 Å². The van der Waals surface area contributed by atoms with E-state index in [0.717, 1.165) is 24.2 Å². The first-order chi connectivity index (χ1) is 8.22. The number of furan rings is 1. The van der Waals surface area contributed by atoms with Crippen LogP contribution in [0.25, 0.3) is 0 Å². The lowest BCUT2D eigenvalue weighted by molar-refractivity contribution is 0.0594. The second kappa shape index (κ2) is 3.60. The molecule has 88 valence electrons. The first kappa shape index (κ1) is 10.4. The molecule has 2 heterocycles. The molecular weight excluding hydrogens is 216 g/mol. The summed E-state index contributed by atoms with van der Waals surface area (Å²) in [6, 6.07) is 5.43. The maximum absolute atomic E-state index is 10.9. The zero-order valence-corrected chi connectivity index (χ0v) is 9.39. The number of rotatable bonds is 1. The van der Waals surface area contributed by atoms with E-state index in [0.29, 0.717) is 17.8 Å². The van der Waals surface area contributed by atoms with E-state index in [2.05, 4.69) is 4.98 Å². The van der Waals surface area contributed by atoms with Gasteiger partial charge in [-0.2, -0.15) is 0 Å². The fourth-order valence-corrected chi connectivity index (χ4v) is 2.59. The van der Waals surface area contributed by atoms with Crippen LogP contribution < -0.4 is 5.73 Å². The Morgan fingerprint density at radius 1 is 1.35 bits per heavy atom. The highest BCUT2D eigenvalue weighted by Gasteiger charge is 2.39. The molecule has 0 aliphatic heterocycles. The molecule has 4 nitrogen and oxygen atoms in total. The van der Waals surface area contributed by atoms with Gasteiger partial charge in [-0.25, -0.2) is 4.98 Å². The van der Waals surface area contributed by atoms with E-state index in [9.17, 15) is 5.11 Å². The topological polar surface area (TPSA) is 72.3 Å². The number of hydrogen-bond donors (Lipinski definition) is 2. The minimum absolute atomic E-state index is 0.379. The van der Waals surface area contributed by atoms with Gasteiger partial charge in [-0.15, -0.1) is 0 Å². The monoisotopic (exact) mass is 230 g/mol. The van der Waals surface area contributed by atoms with Gasteiger partial charge in [-0.3, -0.25) is 0 Å². The Kier molecular flexibility index (Phi) is 2.19. The smallest absolute Gasteiger partial charge is 0.129 e. The first-order valence-electron chi connectivity index (χ1n) is 5.72. The minimum Gasteiger partial charge on any atom is -0.469 e. The predicted molar refractivity (Wildman–Crippen MR) is 63.3 cm³/mol. The number of nitrogen functional groups attached to an aromatic ring is 1. The molecule has 0 saturated heterocycles. The van der Waals surface area contributed by atoms with Crippen LogP contribution in [0.5, 0.6) is 0 Å². The van der Waals surface area contributed by atoms with E-state index >= 15 is 0 Å². The molecule has 1 aliphatic carbocycles. The summed E-state index contributed by atoms with van der Waals surface area (Å²) in [7, 11) is 0. The highest BCUT2D eigenvalue weighted by molar-refractivity contribution is 5.49. The summed E-state index contributed by atoms with van der Waals surface area (Å²) in [5, 5.41) is 10.9. The molecule has 2 aromatic heterocycles. The van der Waals surface area contributed by atoms with Gasteiger partial charge in [0.25, 0.3) is 0 Å². The largest absolute Gasteiger partial charge is 0.469 e. The van der Waals surface area contributed by atoms with Gasteiger partial charge in [0.2, 0.25) is 0 Å². The Morgan fingerprint density at radius 2 is 2.24 bits per heavy atom. The lowest BCUT2D eigenvalue weighted by Crippen LogP contribution is -2.32. The van der Waals surface area contributed by atoms with Gasteiger partial charge in [0, 0.05) is 23.7 Å². The van der Waals surface area contributed by atoms with E-state index < -0.39 is 5.60 Å². The van der Waals surface area contributed by atoms with E-state index in [1.54, 1.807) is 18.5 Å². The lowest BCUT2D eigenvalue weighted by Gasteiger charge is -2.32. The average Bonchev–Trinajstić information content (AvgIpc) is 2.79. The fraction of sp³-hybridized carbons (Fsp3) is 0.308. The molecule has 1 aliphatic rings. The van der Waals surface area contributed by atoms with Crippen molar-refractivity contribution in [3.05, 3.63) is 47.5 Å². The summed E-state index contributed by atoms with van der Waals surface area (Å²) in [4.78, 5) is 4.04. The third-order valence-electron chi connectivity index (χ3n) is 3.42. The van der Waals surface area contributed by atoms with Crippen LogP contribution in [0.4, 0.5) is 5.82 Å². The SMILES string of the molecule is Nc1ncccc1C1(O)CCCc2occc21. The molecule has 1 atom stereocenters. The average molecular weight is 230 g/mol. The number of fused-ring (bicyclic) bond motifs is 1. The van der Waals surface area contributed by atoms with Gasteiger partial charge in [0.05, 0.1) is 6.26 Å². The van der Waals surface area contributed by atoms with Gasteiger partial charge in [0.15, 0.2) is 0 Å². The molecule has 0 radical (unpaired) electrons. The molecule has 0 amide bonds. The van der Waals surface area contributed by atoms with Crippen molar-refractivity contribution in [2.24, 2.45) is 0 Å². The molecule has 0 saturated carbocycles. The number of aliphatic hydroxyl groups is 1. The molecule has 0 bridgehead atoms. The summed E-state index contributed by atoms with van der Waals surface area (Å²) in [5.41, 5.74) is 6.30. The van der Waals surface area contributed by atoms with E-state index in [-0.39, 0.29) is 0 Å². The van der Waals surface area contributed by atoms with Gasteiger partial charge in [-0.05, 0) is 25.0 Å². The number of aromatic nitrogens is 1. The quantitative estimate of drug-likeness (QED) is 0.784. The number of nitrogens with two attached hydrogens (primary N) is 1. The summed E-state index contributed by atoms with van der Waals surface area (Å²) in [6.07, 6.45) is 5.64. The zero-order chi connectivity index (χ0) is 11.9. The maximum atomic E-state index is 10.9. The van der Waals surface area contributed by atoms with Crippen molar-refractivity contribution in [2.75, 3.05) is 5.73 Å². The van der Waals surface area contributed by atoms with Gasteiger partial charge in [0.1, 0.15) is 17.2 Å². The molecule has 2 aromatic rings. The van der Waals surface area contributed by atoms with Crippen molar-refractivity contribution >= 4 is 5.82 Å². The fourth-order valence-electron chi connectivity index (χ4n) is 2.59. The van der Waals surface area contributed by atoms with E-state index in [4.69, 9.17) is 10.2 Å². The number of pyridine rings is 1. The van der Waals surface area contributed by atoms with Gasteiger partial charge < -0.3 is 15.3 Å². The highest BCUT2D eigenvalue weighted by atomic mass is 16.3. The molecule has 0 aromatic carbocycles. The van der Waals surface area contributed by atoms with Crippen LogP contribution in [0.1, 0.15) is 29.7 Å². The van der Waals surface area contributed by atoms with Crippen LogP contribution in [0.15, 0.2) is 35.1 Å². The zero-order valence-electron chi connectivity index (χ0n) is 9.39. The second-order valence-electron chi connectivity index (χ2n) is 4.41. The standard InChI is InChI=1S/C13H14N2O2/c14-12-10(3-2-7-15-12)13(16)6-1-4-11-9(13)5-8-17-11/h2-3,5,7-8,16H,1,4,6H2,(H2,14,15). The third kappa shape index (κ3) is 1.45. The van der Waals surface area contributed by atoms with Crippen LogP contribution >= 0.6 is 0 Å². The second-order valence-corrected chi connectivity index (χ2v) is 4.41. The van der Waals surface area contributed by atoms with Gasteiger partial charge >= 0.3 is 0 Å². The highest BCUT2D eigenvalue weighted by Crippen LogP contribution is 2.42. The van der Waals surface area contributed by atoms with Crippen molar-refractivity contribution in [1.82, 2.24) is 4.98 Å².